The zero-order valence-corrected chi connectivity index (χ0v) is 15.0. The van der Waals surface area contributed by atoms with Gasteiger partial charge in [-0.1, -0.05) is 17.7 Å². The van der Waals surface area contributed by atoms with Crippen LogP contribution in [0.3, 0.4) is 0 Å². The highest BCUT2D eigenvalue weighted by Gasteiger charge is 2.55. The van der Waals surface area contributed by atoms with Crippen molar-refractivity contribution in [3.05, 3.63) is 28.8 Å². The first-order valence-electron chi connectivity index (χ1n) is 8.63. The van der Waals surface area contributed by atoms with Crippen LogP contribution in [-0.4, -0.2) is 55.6 Å². The molecule has 3 N–H and O–H groups in total. The molecule has 0 bridgehead atoms. The molecular formula is C18H27ClN2O3. The molecule has 0 aromatic heterocycles. The van der Waals surface area contributed by atoms with Crippen molar-refractivity contribution in [2.45, 2.75) is 38.0 Å². The molecule has 6 heteroatoms. The van der Waals surface area contributed by atoms with E-state index < -0.39 is 0 Å². The zero-order valence-electron chi connectivity index (χ0n) is 14.2. The molecule has 134 valence electrons. The molecule has 1 saturated heterocycles. The number of benzene rings is 1. The summed E-state index contributed by atoms with van der Waals surface area (Å²) in [7, 11) is 1.62. The Balaban J connectivity index is 1.56. The van der Waals surface area contributed by atoms with Crippen molar-refractivity contribution in [1.82, 2.24) is 4.90 Å². The van der Waals surface area contributed by atoms with Gasteiger partial charge in [-0.25, -0.2) is 0 Å². The lowest BCUT2D eigenvalue weighted by Crippen LogP contribution is -2.62. The van der Waals surface area contributed by atoms with Crippen molar-refractivity contribution in [2.75, 3.05) is 33.4 Å². The molecule has 0 radical (unpaired) electrons. The van der Waals surface area contributed by atoms with E-state index in [1.54, 1.807) is 7.11 Å². The number of hydrogen-bond donors (Lipinski definition) is 2. The van der Waals surface area contributed by atoms with E-state index in [2.05, 4.69) is 11.0 Å². The average Bonchev–Trinajstić information content (AvgIpc) is 2.59. The van der Waals surface area contributed by atoms with Gasteiger partial charge < -0.3 is 20.3 Å². The Morgan fingerprint density at radius 1 is 1.38 bits per heavy atom. The highest BCUT2D eigenvalue weighted by molar-refractivity contribution is 6.32. The van der Waals surface area contributed by atoms with Crippen molar-refractivity contribution in [1.29, 1.82) is 0 Å². The normalized spacial score (nSPS) is 26.3. The van der Waals surface area contributed by atoms with E-state index in [1.807, 2.05) is 12.1 Å². The van der Waals surface area contributed by atoms with E-state index in [4.69, 9.17) is 26.8 Å². The summed E-state index contributed by atoms with van der Waals surface area (Å²) in [6, 6.07) is 5.94. The van der Waals surface area contributed by atoms with Crippen molar-refractivity contribution in [3.63, 3.8) is 0 Å². The summed E-state index contributed by atoms with van der Waals surface area (Å²) in [6.45, 7) is 3.90. The molecule has 0 unspecified atom stereocenters. The van der Waals surface area contributed by atoms with Crippen LogP contribution in [-0.2, 0) is 11.3 Å². The summed E-state index contributed by atoms with van der Waals surface area (Å²) >= 11 is 6.21. The van der Waals surface area contributed by atoms with E-state index >= 15 is 0 Å². The van der Waals surface area contributed by atoms with E-state index in [1.165, 1.54) is 5.56 Å². The molecule has 24 heavy (non-hydrogen) atoms. The number of piperidine rings is 1. The highest BCUT2D eigenvalue weighted by Crippen LogP contribution is 2.51. The molecule has 2 atom stereocenters. The zero-order chi connectivity index (χ0) is 17.2. The third-order valence-electron chi connectivity index (χ3n) is 5.59. The predicted octanol–water partition coefficient (Wildman–Crippen LogP) is 2.04. The Labute approximate surface area is 148 Å². The first-order chi connectivity index (χ1) is 11.6. The summed E-state index contributed by atoms with van der Waals surface area (Å²) in [5.41, 5.74) is 6.65. The summed E-state index contributed by atoms with van der Waals surface area (Å²) < 4.78 is 11.0. The number of likely N-dealkylation sites (tertiary alicyclic amines) is 1. The van der Waals surface area contributed by atoms with Crippen LogP contribution in [0.2, 0.25) is 5.02 Å². The lowest BCUT2D eigenvalue weighted by atomic mass is 9.58. The van der Waals surface area contributed by atoms with Crippen LogP contribution in [0.15, 0.2) is 18.2 Å². The second-order valence-corrected chi connectivity index (χ2v) is 7.29. The van der Waals surface area contributed by atoms with Crippen molar-refractivity contribution >= 4 is 11.6 Å². The molecular weight excluding hydrogens is 328 g/mol. The van der Waals surface area contributed by atoms with Crippen LogP contribution in [0.5, 0.6) is 5.75 Å². The maximum absolute atomic E-state index is 10.3. The Hall–Kier alpha value is -0.850. The molecule has 5 nitrogen and oxygen atoms in total. The fourth-order valence-electron chi connectivity index (χ4n) is 4.02. The first-order valence-corrected chi connectivity index (χ1v) is 9.01. The minimum atomic E-state index is -0.238. The van der Waals surface area contributed by atoms with Crippen LogP contribution >= 0.6 is 11.6 Å². The van der Waals surface area contributed by atoms with Gasteiger partial charge in [0.15, 0.2) is 0 Å². The Morgan fingerprint density at radius 3 is 2.71 bits per heavy atom. The van der Waals surface area contributed by atoms with Gasteiger partial charge in [0.25, 0.3) is 0 Å². The van der Waals surface area contributed by atoms with Gasteiger partial charge in [0.1, 0.15) is 5.75 Å². The number of ether oxygens (including phenoxy) is 2. The average molecular weight is 355 g/mol. The number of aliphatic hydroxyl groups excluding tert-OH is 1. The lowest BCUT2D eigenvalue weighted by Gasteiger charge is -2.56. The number of nitrogens with two attached hydrogens (primary N) is 1. The molecule has 1 spiro atoms. The standard InChI is InChI=1S/C18H27ClN2O3/c1-23-15-3-2-13(10-14(15)19)12-21-7-4-18(5-8-21)16(22)11-17(18)24-9-6-20/h2-3,10,16-17,22H,4-9,11-12,20H2,1H3/t16-,17+/m0/s1. The fourth-order valence-corrected chi connectivity index (χ4v) is 4.30. The molecule has 3 rings (SSSR count). The SMILES string of the molecule is COc1ccc(CN2CCC3(CC2)[C@@H](O)C[C@H]3OCCN)cc1Cl. The maximum Gasteiger partial charge on any atom is 0.137 e. The predicted molar refractivity (Wildman–Crippen MR) is 94.4 cm³/mol. The monoisotopic (exact) mass is 354 g/mol. The number of hydrogen-bond acceptors (Lipinski definition) is 5. The molecule has 1 aliphatic heterocycles. The smallest absolute Gasteiger partial charge is 0.137 e. The maximum atomic E-state index is 10.3. The van der Waals surface area contributed by atoms with Crippen molar-refractivity contribution < 1.29 is 14.6 Å². The number of methoxy groups -OCH3 is 1. The molecule has 0 amide bonds. The van der Waals surface area contributed by atoms with Gasteiger partial charge >= 0.3 is 0 Å². The van der Waals surface area contributed by atoms with Crippen LogP contribution in [0, 0.1) is 5.41 Å². The number of halogens is 1. The van der Waals surface area contributed by atoms with Gasteiger partial charge in [0, 0.05) is 24.9 Å². The molecule has 1 aromatic rings. The quantitative estimate of drug-likeness (QED) is 0.818. The van der Waals surface area contributed by atoms with E-state index in [0.717, 1.165) is 38.9 Å². The summed E-state index contributed by atoms with van der Waals surface area (Å²) in [6.07, 6.45) is 2.60. The Morgan fingerprint density at radius 2 is 2.12 bits per heavy atom. The Bertz CT molecular complexity index is 561. The summed E-state index contributed by atoms with van der Waals surface area (Å²) in [5.74, 6) is 0.704. The van der Waals surface area contributed by atoms with Crippen LogP contribution in [0.1, 0.15) is 24.8 Å². The number of aliphatic hydroxyl groups is 1. The second-order valence-electron chi connectivity index (χ2n) is 6.88. The third-order valence-corrected chi connectivity index (χ3v) is 5.88. The summed E-state index contributed by atoms with van der Waals surface area (Å²) in [5, 5.41) is 10.9. The van der Waals surface area contributed by atoms with Crippen LogP contribution in [0.4, 0.5) is 0 Å². The van der Waals surface area contributed by atoms with E-state index in [9.17, 15) is 5.11 Å². The lowest BCUT2D eigenvalue weighted by molar-refractivity contribution is -0.210. The molecule has 1 heterocycles. The Kier molecular flexibility index (Phi) is 5.67. The first kappa shape index (κ1) is 18.0. The second kappa shape index (κ2) is 7.58. The van der Waals surface area contributed by atoms with Gasteiger partial charge in [-0.05, 0) is 43.6 Å². The molecule has 1 aliphatic carbocycles. The van der Waals surface area contributed by atoms with Crippen molar-refractivity contribution in [3.8, 4) is 5.75 Å². The van der Waals surface area contributed by atoms with E-state index in [0.29, 0.717) is 23.9 Å². The molecule has 1 saturated carbocycles. The van der Waals surface area contributed by atoms with Gasteiger partial charge in [-0.3, -0.25) is 4.90 Å². The largest absolute Gasteiger partial charge is 0.495 e. The van der Waals surface area contributed by atoms with E-state index in [-0.39, 0.29) is 17.6 Å². The number of nitrogens with zero attached hydrogens (tertiary/aromatic N) is 1. The van der Waals surface area contributed by atoms with Gasteiger partial charge in [0.05, 0.1) is 30.9 Å². The van der Waals surface area contributed by atoms with Crippen LogP contribution < -0.4 is 10.5 Å². The topological polar surface area (TPSA) is 68.0 Å². The van der Waals surface area contributed by atoms with Crippen LogP contribution in [0.25, 0.3) is 0 Å². The van der Waals surface area contributed by atoms with Gasteiger partial charge in [0.2, 0.25) is 0 Å². The molecule has 2 fully saturated rings. The summed E-state index contributed by atoms with van der Waals surface area (Å²) in [4.78, 5) is 2.41. The fraction of sp³-hybridized carbons (Fsp3) is 0.667. The molecule has 1 aromatic carbocycles. The minimum absolute atomic E-state index is 0.0662. The number of rotatable bonds is 6. The minimum Gasteiger partial charge on any atom is -0.495 e. The molecule has 2 aliphatic rings. The van der Waals surface area contributed by atoms with Gasteiger partial charge in [-0.15, -0.1) is 0 Å². The van der Waals surface area contributed by atoms with Crippen molar-refractivity contribution in [2.24, 2.45) is 11.1 Å². The van der Waals surface area contributed by atoms with Gasteiger partial charge in [-0.2, -0.15) is 0 Å². The third kappa shape index (κ3) is 3.41. The highest BCUT2D eigenvalue weighted by atomic mass is 35.5.